The Morgan fingerprint density at radius 1 is 1.00 bits per heavy atom. The second-order valence-corrected chi connectivity index (χ2v) is 10.1. The summed E-state index contributed by atoms with van der Waals surface area (Å²) in [6.45, 7) is 3.97. The lowest BCUT2D eigenvalue weighted by Crippen LogP contribution is -2.21. The minimum Gasteiger partial charge on any atom is -0.493 e. The van der Waals surface area contributed by atoms with Crippen LogP contribution >= 0.6 is 11.8 Å². The van der Waals surface area contributed by atoms with Gasteiger partial charge in [-0.05, 0) is 30.2 Å². The lowest BCUT2D eigenvalue weighted by molar-refractivity contribution is 0.262. The fourth-order valence-corrected chi connectivity index (χ4v) is 4.88. The quantitative estimate of drug-likeness (QED) is 0.213. The maximum Gasteiger partial charge on any atom is 0.324 e. The number of nitrogens with zero attached hydrogens (tertiary/aromatic N) is 5. The Morgan fingerprint density at radius 3 is 2.55 bits per heavy atom. The van der Waals surface area contributed by atoms with Gasteiger partial charge in [0.1, 0.15) is 23.0 Å². The lowest BCUT2D eigenvalue weighted by Gasteiger charge is -2.12. The van der Waals surface area contributed by atoms with Gasteiger partial charge in [0.25, 0.3) is 0 Å². The standard InChI is InChI=1S/C28H26FN7O3S/c1-16(2)22-12-26(36(35-22)19-8-17(29)13-30-14-19)34-28(37)33-18-6-5-7-20(9-18)40-27-21-10-24(38-3)25(39-4)11-23(21)31-15-32-27/h5-16H,1-4H3,(H2,33,34,37). The van der Waals surface area contributed by atoms with Crippen LogP contribution < -0.4 is 20.1 Å². The molecule has 0 bridgehead atoms. The highest BCUT2D eigenvalue weighted by Gasteiger charge is 2.16. The van der Waals surface area contributed by atoms with E-state index >= 15 is 0 Å². The number of nitrogens with one attached hydrogen (secondary N) is 2. The molecule has 5 aromatic rings. The summed E-state index contributed by atoms with van der Waals surface area (Å²) < 4.78 is 26.1. The molecule has 0 radical (unpaired) electrons. The van der Waals surface area contributed by atoms with E-state index in [1.54, 1.807) is 32.4 Å². The van der Waals surface area contributed by atoms with E-state index in [0.717, 1.165) is 32.7 Å². The second kappa shape index (κ2) is 11.6. The van der Waals surface area contributed by atoms with E-state index in [2.05, 4.69) is 30.7 Å². The van der Waals surface area contributed by atoms with E-state index in [0.29, 0.717) is 28.7 Å². The third kappa shape index (κ3) is 5.81. The van der Waals surface area contributed by atoms with Crippen LogP contribution in [0.2, 0.25) is 0 Å². The predicted molar refractivity (Wildman–Crippen MR) is 151 cm³/mol. The van der Waals surface area contributed by atoms with Crippen molar-refractivity contribution in [3.63, 3.8) is 0 Å². The first-order chi connectivity index (χ1) is 19.3. The average molecular weight is 560 g/mol. The summed E-state index contributed by atoms with van der Waals surface area (Å²) in [5, 5.41) is 11.7. The Morgan fingerprint density at radius 2 is 1.80 bits per heavy atom. The topological polar surface area (TPSA) is 116 Å². The molecule has 0 atom stereocenters. The monoisotopic (exact) mass is 559 g/mol. The number of pyridine rings is 1. The van der Waals surface area contributed by atoms with Crippen LogP contribution in [0.3, 0.4) is 0 Å². The minimum absolute atomic E-state index is 0.0963. The summed E-state index contributed by atoms with van der Waals surface area (Å²) in [5.74, 6) is 1.14. The number of aromatic nitrogens is 5. The molecule has 10 nitrogen and oxygen atoms in total. The molecule has 3 heterocycles. The van der Waals surface area contributed by atoms with E-state index < -0.39 is 11.8 Å². The van der Waals surface area contributed by atoms with Gasteiger partial charge in [-0.3, -0.25) is 10.3 Å². The number of urea groups is 1. The number of carbonyl (C=O) groups excluding carboxylic acids is 1. The molecule has 2 aromatic carbocycles. The highest BCUT2D eigenvalue weighted by Crippen LogP contribution is 2.37. The molecule has 0 unspecified atom stereocenters. The lowest BCUT2D eigenvalue weighted by atomic mass is 10.1. The smallest absolute Gasteiger partial charge is 0.324 e. The van der Waals surface area contributed by atoms with Gasteiger partial charge in [-0.1, -0.05) is 31.7 Å². The average Bonchev–Trinajstić information content (AvgIpc) is 3.36. The Labute approximate surface area is 234 Å². The summed E-state index contributed by atoms with van der Waals surface area (Å²) in [6, 6.07) is 13.6. The van der Waals surface area contributed by atoms with Gasteiger partial charge in [0.15, 0.2) is 11.5 Å². The van der Waals surface area contributed by atoms with Gasteiger partial charge in [-0.25, -0.2) is 23.8 Å². The number of hydrogen-bond donors (Lipinski definition) is 2. The van der Waals surface area contributed by atoms with Crippen LogP contribution in [0.4, 0.5) is 20.7 Å². The number of methoxy groups -OCH3 is 2. The summed E-state index contributed by atoms with van der Waals surface area (Å²) in [6.07, 6.45) is 4.08. The van der Waals surface area contributed by atoms with Crippen molar-refractivity contribution < 1.29 is 18.7 Å². The highest BCUT2D eigenvalue weighted by molar-refractivity contribution is 7.99. The zero-order valence-electron chi connectivity index (χ0n) is 22.2. The first-order valence-corrected chi connectivity index (χ1v) is 13.1. The van der Waals surface area contributed by atoms with E-state index in [-0.39, 0.29) is 5.92 Å². The molecule has 2 N–H and O–H groups in total. The number of halogens is 1. The molecule has 204 valence electrons. The molecule has 0 aliphatic rings. The van der Waals surface area contributed by atoms with Gasteiger partial charge in [-0.15, -0.1) is 0 Å². The molecule has 0 fully saturated rings. The number of carbonyl (C=O) groups is 1. The minimum atomic E-state index is -0.502. The van der Waals surface area contributed by atoms with Crippen LogP contribution in [0.25, 0.3) is 16.6 Å². The Bertz CT molecular complexity index is 1690. The number of benzene rings is 2. The maximum atomic E-state index is 13.8. The molecule has 0 spiro atoms. The number of rotatable bonds is 8. The number of ether oxygens (including phenoxy) is 2. The van der Waals surface area contributed by atoms with Crippen LogP contribution in [-0.2, 0) is 0 Å². The summed E-state index contributed by atoms with van der Waals surface area (Å²) in [5.41, 5.74) is 2.42. The van der Waals surface area contributed by atoms with Crippen LogP contribution in [0, 0.1) is 5.82 Å². The molecular formula is C28H26FN7O3S. The summed E-state index contributed by atoms with van der Waals surface area (Å²) in [7, 11) is 3.15. The Kier molecular flexibility index (Phi) is 7.78. The molecule has 0 saturated carbocycles. The van der Waals surface area contributed by atoms with Crippen LogP contribution in [-0.4, -0.2) is 45.0 Å². The molecular weight excluding hydrogens is 533 g/mol. The molecule has 5 rings (SSSR count). The van der Waals surface area contributed by atoms with Gasteiger partial charge in [0, 0.05) is 34.2 Å². The van der Waals surface area contributed by atoms with Crippen molar-refractivity contribution in [2.24, 2.45) is 0 Å². The molecule has 0 saturated heterocycles. The SMILES string of the molecule is COc1cc2ncnc(Sc3cccc(NC(=O)Nc4cc(C(C)C)nn4-c4cncc(F)c4)c3)c2cc1OC. The zero-order valence-corrected chi connectivity index (χ0v) is 23.0. The van der Waals surface area contributed by atoms with Crippen molar-refractivity contribution in [2.45, 2.75) is 29.7 Å². The van der Waals surface area contributed by atoms with Crippen molar-refractivity contribution in [2.75, 3.05) is 24.9 Å². The summed E-state index contributed by atoms with van der Waals surface area (Å²) >= 11 is 1.43. The van der Waals surface area contributed by atoms with Crippen molar-refractivity contribution in [1.29, 1.82) is 0 Å². The molecule has 3 aromatic heterocycles. The largest absolute Gasteiger partial charge is 0.493 e. The van der Waals surface area contributed by atoms with Crippen LogP contribution in [0.15, 0.2) is 77.2 Å². The highest BCUT2D eigenvalue weighted by atomic mass is 32.2. The predicted octanol–water partition coefficient (Wildman–Crippen LogP) is 6.29. The Hall–Kier alpha value is -4.71. The maximum absolute atomic E-state index is 13.8. The fourth-order valence-electron chi connectivity index (χ4n) is 3.95. The number of hydrogen-bond acceptors (Lipinski definition) is 8. The fraction of sp³-hybridized carbons (Fsp3) is 0.179. The zero-order chi connectivity index (χ0) is 28.2. The normalized spacial score (nSPS) is 11.1. The first-order valence-electron chi connectivity index (χ1n) is 12.3. The number of anilines is 2. The Balaban J connectivity index is 1.36. The van der Waals surface area contributed by atoms with Crippen molar-refractivity contribution in [1.82, 2.24) is 24.7 Å². The molecule has 12 heteroatoms. The number of amides is 2. The first kappa shape index (κ1) is 26.9. The number of fused-ring (bicyclic) bond motifs is 1. The van der Waals surface area contributed by atoms with Crippen molar-refractivity contribution in [3.05, 3.63) is 78.8 Å². The van der Waals surface area contributed by atoms with Gasteiger partial charge in [0.05, 0.1) is 43.5 Å². The molecule has 0 aliphatic heterocycles. The third-order valence-corrected chi connectivity index (χ3v) is 6.92. The van der Waals surface area contributed by atoms with E-state index in [9.17, 15) is 9.18 Å². The van der Waals surface area contributed by atoms with Crippen LogP contribution in [0.5, 0.6) is 11.5 Å². The van der Waals surface area contributed by atoms with Crippen molar-refractivity contribution >= 4 is 40.2 Å². The van der Waals surface area contributed by atoms with Gasteiger partial charge in [-0.2, -0.15) is 5.10 Å². The van der Waals surface area contributed by atoms with E-state index in [1.165, 1.54) is 35.0 Å². The van der Waals surface area contributed by atoms with Crippen LogP contribution in [0.1, 0.15) is 25.5 Å². The van der Waals surface area contributed by atoms with Gasteiger partial charge in [0.2, 0.25) is 0 Å². The van der Waals surface area contributed by atoms with E-state index in [4.69, 9.17) is 9.47 Å². The molecule has 0 aliphatic carbocycles. The summed E-state index contributed by atoms with van der Waals surface area (Å²) in [4.78, 5) is 26.5. The van der Waals surface area contributed by atoms with E-state index in [1.807, 2.05) is 38.1 Å². The van der Waals surface area contributed by atoms with Crippen molar-refractivity contribution in [3.8, 4) is 17.2 Å². The second-order valence-electron chi connectivity index (χ2n) is 8.99. The van der Waals surface area contributed by atoms with Gasteiger partial charge < -0.3 is 14.8 Å². The molecule has 40 heavy (non-hydrogen) atoms. The van der Waals surface area contributed by atoms with Gasteiger partial charge >= 0.3 is 6.03 Å². The third-order valence-electron chi connectivity index (χ3n) is 5.91. The molecule has 2 amide bonds.